The van der Waals surface area contributed by atoms with Gasteiger partial charge in [0, 0.05) is 12.5 Å². The topological polar surface area (TPSA) is 55.1 Å². The summed E-state index contributed by atoms with van der Waals surface area (Å²) in [5.41, 5.74) is 8.24. The first-order chi connectivity index (χ1) is 9.46. The molecule has 2 unspecified atom stereocenters. The van der Waals surface area contributed by atoms with Crippen LogP contribution in [0.3, 0.4) is 0 Å². The highest BCUT2D eigenvalue weighted by molar-refractivity contribution is 5.80. The molecule has 110 valence electrons. The second-order valence-corrected chi connectivity index (χ2v) is 6.47. The minimum absolute atomic E-state index is 0.0783. The van der Waals surface area contributed by atoms with Gasteiger partial charge in [-0.1, -0.05) is 38.1 Å². The van der Waals surface area contributed by atoms with Gasteiger partial charge in [0.2, 0.25) is 5.91 Å². The number of hydrogen-bond acceptors (Lipinski definition) is 2. The summed E-state index contributed by atoms with van der Waals surface area (Å²) in [6.07, 6.45) is 2.78. The van der Waals surface area contributed by atoms with E-state index in [2.05, 4.69) is 43.4 Å². The quantitative estimate of drug-likeness (QED) is 0.885. The van der Waals surface area contributed by atoms with Crippen molar-refractivity contribution in [2.45, 2.75) is 45.6 Å². The summed E-state index contributed by atoms with van der Waals surface area (Å²) in [6, 6.07) is 8.43. The van der Waals surface area contributed by atoms with Crippen LogP contribution in [-0.4, -0.2) is 18.0 Å². The van der Waals surface area contributed by atoms with Crippen molar-refractivity contribution in [2.75, 3.05) is 6.54 Å². The van der Waals surface area contributed by atoms with E-state index in [9.17, 15) is 4.79 Å². The molecule has 1 aliphatic rings. The van der Waals surface area contributed by atoms with Gasteiger partial charge in [0.1, 0.15) is 0 Å². The molecule has 0 fully saturated rings. The second-order valence-electron chi connectivity index (χ2n) is 6.47. The van der Waals surface area contributed by atoms with Crippen LogP contribution in [0.25, 0.3) is 0 Å². The molecule has 2 atom stereocenters. The molecule has 0 spiro atoms. The molecule has 1 aromatic rings. The molecule has 0 saturated heterocycles. The van der Waals surface area contributed by atoms with Gasteiger partial charge in [-0.25, -0.2) is 0 Å². The minimum atomic E-state index is -0.311. The number of nitrogens with two attached hydrogens (primary N) is 1. The van der Waals surface area contributed by atoms with E-state index in [4.69, 9.17) is 5.73 Å². The fourth-order valence-electron chi connectivity index (χ4n) is 2.74. The zero-order valence-electron chi connectivity index (χ0n) is 12.8. The van der Waals surface area contributed by atoms with Gasteiger partial charge in [0.05, 0.1) is 5.54 Å². The first kappa shape index (κ1) is 15.0. The first-order valence-corrected chi connectivity index (χ1v) is 7.55. The van der Waals surface area contributed by atoms with Gasteiger partial charge >= 0.3 is 0 Å². The van der Waals surface area contributed by atoms with Gasteiger partial charge in [0.15, 0.2) is 0 Å². The molecular weight excluding hydrogens is 248 g/mol. The minimum Gasteiger partial charge on any atom is -0.349 e. The van der Waals surface area contributed by atoms with E-state index in [0.717, 1.165) is 19.3 Å². The number of hydrogen-bond donors (Lipinski definition) is 2. The lowest BCUT2D eigenvalue weighted by atomic mass is 9.82. The van der Waals surface area contributed by atoms with Crippen LogP contribution in [0.4, 0.5) is 0 Å². The van der Waals surface area contributed by atoms with E-state index in [-0.39, 0.29) is 17.4 Å². The molecule has 1 aliphatic carbocycles. The van der Waals surface area contributed by atoms with Crippen LogP contribution in [0.5, 0.6) is 0 Å². The SMILES string of the molecule is CC(C)C(C)(CN)NC(=O)C1CCc2ccccc2C1. The van der Waals surface area contributed by atoms with E-state index < -0.39 is 0 Å². The van der Waals surface area contributed by atoms with E-state index >= 15 is 0 Å². The zero-order valence-corrected chi connectivity index (χ0v) is 12.8. The fourth-order valence-corrected chi connectivity index (χ4v) is 2.74. The van der Waals surface area contributed by atoms with Crippen LogP contribution >= 0.6 is 0 Å². The Kier molecular flexibility index (Phi) is 4.48. The van der Waals surface area contributed by atoms with Crippen molar-refractivity contribution >= 4 is 5.91 Å². The van der Waals surface area contributed by atoms with Crippen LogP contribution in [0.15, 0.2) is 24.3 Å². The van der Waals surface area contributed by atoms with E-state index in [0.29, 0.717) is 12.5 Å². The predicted molar refractivity (Wildman–Crippen MR) is 82.4 cm³/mol. The van der Waals surface area contributed by atoms with E-state index in [1.807, 2.05) is 6.92 Å². The number of benzene rings is 1. The largest absolute Gasteiger partial charge is 0.349 e. The van der Waals surface area contributed by atoms with Crippen molar-refractivity contribution in [2.24, 2.45) is 17.6 Å². The summed E-state index contributed by atoms with van der Waals surface area (Å²) < 4.78 is 0. The Morgan fingerprint density at radius 2 is 2.05 bits per heavy atom. The normalized spacial score (nSPS) is 21.1. The Morgan fingerprint density at radius 3 is 2.65 bits per heavy atom. The van der Waals surface area contributed by atoms with Gasteiger partial charge in [0.25, 0.3) is 0 Å². The second kappa shape index (κ2) is 5.96. The summed E-state index contributed by atoms with van der Waals surface area (Å²) in [6.45, 7) is 6.71. The maximum absolute atomic E-state index is 12.5. The van der Waals surface area contributed by atoms with Crippen molar-refractivity contribution in [1.82, 2.24) is 5.32 Å². The molecule has 0 radical (unpaired) electrons. The molecule has 1 amide bonds. The average Bonchev–Trinajstić information content (AvgIpc) is 2.46. The summed E-state index contributed by atoms with van der Waals surface area (Å²) in [5, 5.41) is 3.18. The molecule has 0 aliphatic heterocycles. The standard InChI is InChI=1S/C17H26N2O/c1-12(2)17(3,11-18)19-16(20)15-9-8-13-6-4-5-7-14(13)10-15/h4-7,12,15H,8-11,18H2,1-3H3,(H,19,20). The molecule has 3 heteroatoms. The monoisotopic (exact) mass is 274 g/mol. The highest BCUT2D eigenvalue weighted by atomic mass is 16.2. The Balaban J connectivity index is 2.05. The molecule has 0 saturated carbocycles. The number of aryl methyl sites for hydroxylation is 1. The lowest BCUT2D eigenvalue weighted by molar-refractivity contribution is -0.127. The van der Waals surface area contributed by atoms with E-state index in [1.165, 1.54) is 11.1 Å². The molecule has 0 bridgehead atoms. The van der Waals surface area contributed by atoms with Crippen LogP contribution in [0.1, 0.15) is 38.3 Å². The van der Waals surface area contributed by atoms with Crippen molar-refractivity contribution < 1.29 is 4.79 Å². The molecule has 1 aromatic carbocycles. The highest BCUT2D eigenvalue weighted by Crippen LogP contribution is 2.26. The molecule has 0 heterocycles. The van der Waals surface area contributed by atoms with Gasteiger partial charge < -0.3 is 11.1 Å². The third kappa shape index (κ3) is 3.04. The number of carbonyl (C=O) groups excluding carboxylic acids is 1. The van der Waals surface area contributed by atoms with Crippen molar-refractivity contribution in [3.63, 3.8) is 0 Å². The summed E-state index contributed by atoms with van der Waals surface area (Å²) >= 11 is 0. The van der Waals surface area contributed by atoms with Gasteiger partial charge in [-0.2, -0.15) is 0 Å². The first-order valence-electron chi connectivity index (χ1n) is 7.55. The smallest absolute Gasteiger partial charge is 0.223 e. The Bertz CT molecular complexity index is 484. The van der Waals surface area contributed by atoms with E-state index in [1.54, 1.807) is 0 Å². The number of fused-ring (bicyclic) bond motifs is 1. The summed E-state index contributed by atoms with van der Waals surface area (Å²) in [7, 11) is 0. The fraction of sp³-hybridized carbons (Fsp3) is 0.588. The zero-order chi connectivity index (χ0) is 14.8. The summed E-state index contributed by atoms with van der Waals surface area (Å²) in [5.74, 6) is 0.558. The van der Waals surface area contributed by atoms with Gasteiger partial charge in [-0.05, 0) is 43.2 Å². The third-order valence-corrected chi connectivity index (χ3v) is 4.82. The highest BCUT2D eigenvalue weighted by Gasteiger charge is 2.32. The maximum Gasteiger partial charge on any atom is 0.223 e. The number of rotatable bonds is 4. The van der Waals surface area contributed by atoms with Crippen LogP contribution in [-0.2, 0) is 17.6 Å². The van der Waals surface area contributed by atoms with Crippen LogP contribution in [0.2, 0.25) is 0 Å². The molecule has 0 aromatic heterocycles. The van der Waals surface area contributed by atoms with Crippen molar-refractivity contribution in [3.05, 3.63) is 35.4 Å². The Morgan fingerprint density at radius 1 is 1.40 bits per heavy atom. The molecule has 3 nitrogen and oxygen atoms in total. The molecule has 20 heavy (non-hydrogen) atoms. The van der Waals surface area contributed by atoms with Crippen LogP contribution in [0, 0.1) is 11.8 Å². The number of amides is 1. The van der Waals surface area contributed by atoms with Gasteiger partial charge in [-0.3, -0.25) is 4.79 Å². The number of nitrogens with one attached hydrogen (secondary N) is 1. The maximum atomic E-state index is 12.5. The third-order valence-electron chi connectivity index (χ3n) is 4.82. The number of carbonyl (C=O) groups is 1. The molecule has 3 N–H and O–H groups in total. The van der Waals surface area contributed by atoms with Crippen molar-refractivity contribution in [1.29, 1.82) is 0 Å². The van der Waals surface area contributed by atoms with Crippen LogP contribution < -0.4 is 11.1 Å². The Labute approximate surface area is 121 Å². The predicted octanol–water partition coefficient (Wildman–Crippen LogP) is 2.28. The molecular formula is C17H26N2O. The molecule has 2 rings (SSSR count). The van der Waals surface area contributed by atoms with Crippen molar-refractivity contribution in [3.8, 4) is 0 Å². The summed E-state index contributed by atoms with van der Waals surface area (Å²) in [4.78, 5) is 12.5. The average molecular weight is 274 g/mol. The lowest BCUT2D eigenvalue weighted by Crippen LogP contribution is -2.56. The van der Waals surface area contributed by atoms with Gasteiger partial charge in [-0.15, -0.1) is 0 Å². The lowest BCUT2D eigenvalue weighted by Gasteiger charge is -2.36. The Hall–Kier alpha value is -1.35.